The summed E-state index contributed by atoms with van der Waals surface area (Å²) in [5, 5.41) is 2.80. The summed E-state index contributed by atoms with van der Waals surface area (Å²) in [6.45, 7) is 8.59. The zero-order valence-electron chi connectivity index (χ0n) is 18.8. The molecule has 1 aliphatic carbocycles. The van der Waals surface area contributed by atoms with Crippen LogP contribution in [0.2, 0.25) is 0 Å². The Hall–Kier alpha value is -2.85. The summed E-state index contributed by atoms with van der Waals surface area (Å²) in [4.78, 5) is 14.6. The Kier molecular flexibility index (Phi) is 8.07. The van der Waals surface area contributed by atoms with E-state index >= 15 is 0 Å². The molecule has 3 N–H and O–H groups in total. The lowest BCUT2D eigenvalue weighted by Crippen LogP contribution is -2.29. The average molecular weight is 418 g/mol. The Labute approximate surface area is 186 Å². The minimum atomic E-state index is -0.193. The predicted octanol–water partition coefficient (Wildman–Crippen LogP) is 5.74. The number of allylic oxidation sites excluding steroid dienone is 1. The maximum atomic E-state index is 12.1. The van der Waals surface area contributed by atoms with Gasteiger partial charge in [0.25, 0.3) is 0 Å². The lowest BCUT2D eigenvalue weighted by molar-refractivity contribution is -0.111. The number of hydrogen-bond donors (Lipinski definition) is 2. The minimum Gasteiger partial charge on any atom is -0.397 e. The summed E-state index contributed by atoms with van der Waals surface area (Å²) in [6, 6.07) is 15.6. The van der Waals surface area contributed by atoms with Crippen LogP contribution in [0.3, 0.4) is 0 Å². The first-order valence-corrected chi connectivity index (χ1v) is 11.2. The molecule has 4 heteroatoms. The second kappa shape index (κ2) is 11.0. The van der Waals surface area contributed by atoms with Gasteiger partial charge in [-0.2, -0.15) is 0 Å². The highest BCUT2D eigenvalue weighted by atomic mass is 16.1. The van der Waals surface area contributed by atoms with Crippen molar-refractivity contribution in [1.29, 1.82) is 0 Å². The zero-order chi connectivity index (χ0) is 22.2. The quantitative estimate of drug-likeness (QED) is 0.327. The Balaban J connectivity index is 1.49. The maximum absolute atomic E-state index is 12.1. The van der Waals surface area contributed by atoms with Gasteiger partial charge in [0.15, 0.2) is 0 Å². The topological polar surface area (TPSA) is 58.4 Å². The summed E-state index contributed by atoms with van der Waals surface area (Å²) in [6.07, 6.45) is 8.31. The standard InChI is InChI=1S/C27H35N3O/c1-4-21-15-20(2)16-24(17-21)19-30(3)18-23-11-9-22(10-12-23)13-14-27(31)29-26-8-6-5-7-25(26)28/h5-14,21,24H,2,4,15-19,28H2,1,3H3,(H,29,31)/b14-13+. The van der Waals surface area contributed by atoms with Gasteiger partial charge in [0.05, 0.1) is 11.4 Å². The lowest BCUT2D eigenvalue weighted by Gasteiger charge is -2.32. The number of nitrogen functional groups attached to an aromatic ring is 1. The van der Waals surface area contributed by atoms with Crippen LogP contribution in [-0.4, -0.2) is 24.4 Å². The third-order valence-corrected chi connectivity index (χ3v) is 6.05. The molecule has 3 rings (SSSR count). The summed E-state index contributed by atoms with van der Waals surface area (Å²) in [5.41, 5.74) is 10.7. The van der Waals surface area contributed by atoms with Crippen LogP contribution in [0.5, 0.6) is 0 Å². The van der Waals surface area contributed by atoms with Crippen molar-refractivity contribution >= 4 is 23.4 Å². The van der Waals surface area contributed by atoms with Crippen LogP contribution < -0.4 is 11.1 Å². The van der Waals surface area contributed by atoms with Gasteiger partial charge in [-0.1, -0.05) is 61.9 Å². The number of benzene rings is 2. The number of anilines is 2. The van der Waals surface area contributed by atoms with Gasteiger partial charge < -0.3 is 16.0 Å². The van der Waals surface area contributed by atoms with Gasteiger partial charge in [0.2, 0.25) is 5.91 Å². The van der Waals surface area contributed by atoms with Crippen molar-refractivity contribution in [2.24, 2.45) is 11.8 Å². The SMILES string of the molecule is C=C1CC(CC)CC(CN(C)Cc2ccc(/C=C/C(=O)Nc3ccccc3N)cc2)C1. The van der Waals surface area contributed by atoms with Crippen LogP contribution in [0.25, 0.3) is 6.08 Å². The summed E-state index contributed by atoms with van der Waals surface area (Å²) in [7, 11) is 2.20. The van der Waals surface area contributed by atoms with Gasteiger partial charge >= 0.3 is 0 Å². The molecule has 0 saturated heterocycles. The van der Waals surface area contributed by atoms with Crippen LogP contribution >= 0.6 is 0 Å². The molecule has 164 valence electrons. The fourth-order valence-corrected chi connectivity index (χ4v) is 4.50. The molecule has 4 nitrogen and oxygen atoms in total. The van der Waals surface area contributed by atoms with E-state index in [9.17, 15) is 4.79 Å². The van der Waals surface area contributed by atoms with Crippen molar-refractivity contribution < 1.29 is 4.79 Å². The van der Waals surface area contributed by atoms with E-state index in [4.69, 9.17) is 5.73 Å². The predicted molar refractivity (Wildman–Crippen MR) is 132 cm³/mol. The first kappa shape index (κ1) is 22.8. The monoisotopic (exact) mass is 417 g/mol. The highest BCUT2D eigenvalue weighted by Crippen LogP contribution is 2.34. The van der Waals surface area contributed by atoms with Crippen molar-refractivity contribution in [3.05, 3.63) is 77.9 Å². The molecule has 0 spiro atoms. The van der Waals surface area contributed by atoms with Crippen molar-refractivity contribution in [3.63, 3.8) is 0 Å². The first-order valence-electron chi connectivity index (χ1n) is 11.2. The largest absolute Gasteiger partial charge is 0.397 e. The molecular formula is C27H35N3O. The van der Waals surface area contributed by atoms with Crippen molar-refractivity contribution in [3.8, 4) is 0 Å². The number of nitrogens with one attached hydrogen (secondary N) is 1. The van der Waals surface area contributed by atoms with Crippen LogP contribution in [0.15, 0.2) is 66.8 Å². The van der Waals surface area contributed by atoms with Gasteiger partial charge in [0, 0.05) is 19.2 Å². The van der Waals surface area contributed by atoms with Crippen LogP contribution in [0, 0.1) is 11.8 Å². The summed E-state index contributed by atoms with van der Waals surface area (Å²) in [5.74, 6) is 1.33. The van der Waals surface area contributed by atoms with E-state index in [-0.39, 0.29) is 5.91 Å². The molecule has 0 heterocycles. The number of hydrogen-bond acceptors (Lipinski definition) is 3. The smallest absolute Gasteiger partial charge is 0.248 e. The minimum absolute atomic E-state index is 0.193. The van der Waals surface area contributed by atoms with Crippen LogP contribution in [0.1, 0.15) is 43.7 Å². The molecule has 31 heavy (non-hydrogen) atoms. The Bertz CT molecular complexity index is 916. The number of carbonyl (C=O) groups excluding carboxylic acids is 1. The first-order chi connectivity index (χ1) is 14.9. The molecule has 1 saturated carbocycles. The van der Waals surface area contributed by atoms with Crippen molar-refractivity contribution in [2.75, 3.05) is 24.6 Å². The van der Waals surface area contributed by atoms with Gasteiger partial charge in [-0.05, 0) is 67.5 Å². The fraction of sp³-hybridized carbons (Fsp3) is 0.370. The van der Waals surface area contributed by atoms with E-state index in [1.54, 1.807) is 12.1 Å². The molecule has 2 atom stereocenters. The van der Waals surface area contributed by atoms with Gasteiger partial charge in [-0.25, -0.2) is 0 Å². The Morgan fingerprint density at radius 1 is 1.16 bits per heavy atom. The van der Waals surface area contributed by atoms with E-state index in [0.29, 0.717) is 11.4 Å². The van der Waals surface area contributed by atoms with E-state index in [2.05, 4.69) is 55.0 Å². The molecule has 2 aromatic carbocycles. The van der Waals surface area contributed by atoms with Crippen molar-refractivity contribution in [1.82, 2.24) is 4.90 Å². The number of nitrogens with two attached hydrogens (primary N) is 1. The highest BCUT2D eigenvalue weighted by molar-refractivity contribution is 6.03. The van der Waals surface area contributed by atoms with E-state index in [1.807, 2.05) is 18.2 Å². The highest BCUT2D eigenvalue weighted by Gasteiger charge is 2.23. The molecule has 0 aromatic heterocycles. The number of para-hydroxylation sites is 2. The number of rotatable bonds is 8. The van der Waals surface area contributed by atoms with E-state index in [0.717, 1.165) is 30.5 Å². The van der Waals surface area contributed by atoms with Crippen LogP contribution in [-0.2, 0) is 11.3 Å². The number of carbonyl (C=O) groups is 1. The molecular weight excluding hydrogens is 382 g/mol. The third kappa shape index (κ3) is 7.11. The average Bonchev–Trinajstić information content (AvgIpc) is 2.74. The maximum Gasteiger partial charge on any atom is 0.248 e. The number of nitrogens with zero attached hydrogens (tertiary/aromatic N) is 1. The molecule has 0 bridgehead atoms. The lowest BCUT2D eigenvalue weighted by atomic mass is 9.77. The molecule has 0 radical (unpaired) electrons. The van der Waals surface area contributed by atoms with Crippen LogP contribution in [0.4, 0.5) is 11.4 Å². The molecule has 1 aliphatic rings. The van der Waals surface area contributed by atoms with Crippen molar-refractivity contribution in [2.45, 2.75) is 39.2 Å². The molecule has 0 aliphatic heterocycles. The molecule has 2 aromatic rings. The van der Waals surface area contributed by atoms with Gasteiger partial charge in [-0.15, -0.1) is 0 Å². The fourth-order valence-electron chi connectivity index (χ4n) is 4.50. The zero-order valence-corrected chi connectivity index (χ0v) is 18.8. The van der Waals surface area contributed by atoms with E-state index < -0.39 is 0 Å². The third-order valence-electron chi connectivity index (χ3n) is 6.05. The second-order valence-electron chi connectivity index (χ2n) is 8.88. The van der Waals surface area contributed by atoms with E-state index in [1.165, 1.54) is 42.9 Å². The van der Waals surface area contributed by atoms with Gasteiger partial charge in [-0.3, -0.25) is 4.79 Å². The molecule has 1 fully saturated rings. The molecule has 1 amide bonds. The molecule has 2 unspecified atom stereocenters. The number of amides is 1. The summed E-state index contributed by atoms with van der Waals surface area (Å²) < 4.78 is 0. The second-order valence-corrected chi connectivity index (χ2v) is 8.88. The normalized spacial score (nSPS) is 19.1. The summed E-state index contributed by atoms with van der Waals surface area (Å²) >= 11 is 0. The Morgan fingerprint density at radius 3 is 2.58 bits per heavy atom. The van der Waals surface area contributed by atoms with Gasteiger partial charge in [0.1, 0.15) is 0 Å². The Morgan fingerprint density at radius 2 is 1.87 bits per heavy atom.